The van der Waals surface area contributed by atoms with Crippen molar-refractivity contribution in [3.05, 3.63) is 28.2 Å². The molecule has 1 aliphatic heterocycles. The van der Waals surface area contributed by atoms with Gasteiger partial charge in [0.05, 0.1) is 16.7 Å². The van der Waals surface area contributed by atoms with Crippen LogP contribution in [0.4, 0.5) is 14.5 Å². The summed E-state index contributed by atoms with van der Waals surface area (Å²) in [7, 11) is 0. The lowest BCUT2D eigenvalue weighted by Crippen LogP contribution is -2.57. The summed E-state index contributed by atoms with van der Waals surface area (Å²) in [6, 6.07) is 0.988. The number of piperazine rings is 1. The predicted octanol–water partition coefficient (Wildman–Crippen LogP) is 1.58. The highest BCUT2D eigenvalue weighted by Crippen LogP contribution is 2.28. The molecule has 2 rings (SSSR count). The molecule has 0 bridgehead atoms. The van der Waals surface area contributed by atoms with Crippen LogP contribution in [0.2, 0.25) is 0 Å². The van der Waals surface area contributed by atoms with Crippen molar-refractivity contribution in [3.63, 3.8) is 0 Å². The number of amides is 2. The van der Waals surface area contributed by atoms with Crippen molar-refractivity contribution < 1.29 is 18.4 Å². The second-order valence-electron chi connectivity index (χ2n) is 3.88. The van der Waals surface area contributed by atoms with Crippen molar-refractivity contribution in [2.75, 3.05) is 11.4 Å². The normalized spacial score (nSPS) is 20.0. The molecule has 0 radical (unpaired) electrons. The lowest BCUT2D eigenvalue weighted by molar-refractivity contribution is -0.130. The third kappa shape index (κ3) is 2.10. The first-order valence-electron chi connectivity index (χ1n) is 5.16. The zero-order chi connectivity index (χ0) is 13.4. The van der Waals surface area contributed by atoms with E-state index in [0.29, 0.717) is 6.07 Å². The minimum atomic E-state index is -0.884. The number of rotatable bonds is 1. The molecule has 1 aromatic rings. The van der Waals surface area contributed by atoms with Crippen LogP contribution < -0.4 is 10.2 Å². The standard InChI is InChI=1S/C11H9BrF2N2O2/c1-5-11(18)15-4-10(17)16(5)9-2-6(12)7(13)3-8(9)14/h2-3,5H,4H2,1H3,(H,15,18). The first-order chi connectivity index (χ1) is 8.41. The molecule has 1 aromatic carbocycles. The van der Waals surface area contributed by atoms with Crippen LogP contribution in [0.15, 0.2) is 16.6 Å². The van der Waals surface area contributed by atoms with E-state index in [-0.39, 0.29) is 22.6 Å². The highest BCUT2D eigenvalue weighted by Gasteiger charge is 2.34. The molecule has 96 valence electrons. The van der Waals surface area contributed by atoms with Crippen LogP contribution in [0.25, 0.3) is 0 Å². The average Bonchev–Trinajstić information content (AvgIpc) is 2.31. The molecule has 1 saturated heterocycles. The highest BCUT2D eigenvalue weighted by atomic mass is 79.9. The highest BCUT2D eigenvalue weighted by molar-refractivity contribution is 9.10. The Morgan fingerprint density at radius 2 is 2.00 bits per heavy atom. The van der Waals surface area contributed by atoms with Crippen LogP contribution in [0.1, 0.15) is 6.92 Å². The fraction of sp³-hybridized carbons (Fsp3) is 0.273. The molecule has 1 fully saturated rings. The maximum absolute atomic E-state index is 13.7. The van der Waals surface area contributed by atoms with E-state index >= 15 is 0 Å². The summed E-state index contributed by atoms with van der Waals surface area (Å²) in [5, 5.41) is 2.39. The Kier molecular flexibility index (Phi) is 3.34. The largest absolute Gasteiger partial charge is 0.345 e. The summed E-state index contributed by atoms with van der Waals surface area (Å²) in [5.41, 5.74) is -0.115. The van der Waals surface area contributed by atoms with Gasteiger partial charge in [-0.05, 0) is 28.9 Å². The maximum atomic E-state index is 13.7. The lowest BCUT2D eigenvalue weighted by Gasteiger charge is -2.33. The van der Waals surface area contributed by atoms with Gasteiger partial charge in [0.1, 0.15) is 17.7 Å². The van der Waals surface area contributed by atoms with Gasteiger partial charge in [0.25, 0.3) is 0 Å². The number of nitrogens with zero attached hydrogens (tertiary/aromatic N) is 1. The van der Waals surface area contributed by atoms with E-state index < -0.39 is 23.6 Å². The lowest BCUT2D eigenvalue weighted by atomic mass is 10.1. The van der Waals surface area contributed by atoms with Gasteiger partial charge in [-0.1, -0.05) is 0 Å². The van der Waals surface area contributed by atoms with Crippen molar-refractivity contribution >= 4 is 33.4 Å². The number of hydrogen-bond donors (Lipinski definition) is 1. The van der Waals surface area contributed by atoms with Gasteiger partial charge in [-0.25, -0.2) is 8.78 Å². The summed E-state index contributed by atoms with van der Waals surface area (Å²) in [5.74, 6) is -2.47. The van der Waals surface area contributed by atoms with Crippen LogP contribution in [0.5, 0.6) is 0 Å². The van der Waals surface area contributed by atoms with Gasteiger partial charge in [-0.2, -0.15) is 0 Å². The number of carbonyl (C=O) groups excluding carboxylic acids is 2. The van der Waals surface area contributed by atoms with Crippen LogP contribution in [0, 0.1) is 11.6 Å². The van der Waals surface area contributed by atoms with Crippen molar-refractivity contribution in [2.45, 2.75) is 13.0 Å². The molecule has 0 spiro atoms. The Morgan fingerprint density at radius 1 is 1.33 bits per heavy atom. The summed E-state index contributed by atoms with van der Waals surface area (Å²) >= 11 is 2.92. The molecule has 0 aromatic heterocycles. The number of anilines is 1. The number of halogens is 3. The Morgan fingerprint density at radius 3 is 2.67 bits per heavy atom. The Balaban J connectivity index is 2.49. The van der Waals surface area contributed by atoms with Gasteiger partial charge >= 0.3 is 0 Å². The molecule has 1 aliphatic rings. The third-order valence-corrected chi connectivity index (χ3v) is 3.31. The molecule has 18 heavy (non-hydrogen) atoms. The van der Waals surface area contributed by atoms with Crippen LogP contribution >= 0.6 is 15.9 Å². The molecule has 4 nitrogen and oxygen atoms in total. The molecule has 0 saturated carbocycles. The number of carbonyl (C=O) groups is 2. The summed E-state index contributed by atoms with van der Waals surface area (Å²) < 4.78 is 26.9. The van der Waals surface area contributed by atoms with E-state index in [4.69, 9.17) is 0 Å². The van der Waals surface area contributed by atoms with Crippen molar-refractivity contribution in [2.24, 2.45) is 0 Å². The molecule has 1 heterocycles. The summed E-state index contributed by atoms with van der Waals surface area (Å²) in [6.07, 6.45) is 0. The average molecular weight is 319 g/mol. The quantitative estimate of drug-likeness (QED) is 0.799. The van der Waals surface area contributed by atoms with E-state index in [9.17, 15) is 18.4 Å². The molecule has 0 aliphatic carbocycles. The minimum absolute atomic E-state index is 0.0323. The van der Waals surface area contributed by atoms with Gasteiger partial charge in [0.2, 0.25) is 11.8 Å². The van der Waals surface area contributed by atoms with Gasteiger partial charge in [-0.15, -0.1) is 0 Å². The molecule has 1 N–H and O–H groups in total. The van der Waals surface area contributed by atoms with Crippen LogP contribution in [-0.2, 0) is 9.59 Å². The van der Waals surface area contributed by atoms with E-state index in [2.05, 4.69) is 21.2 Å². The van der Waals surface area contributed by atoms with Gasteiger partial charge in [0, 0.05) is 6.07 Å². The van der Waals surface area contributed by atoms with Crippen molar-refractivity contribution in [1.82, 2.24) is 5.32 Å². The van der Waals surface area contributed by atoms with Gasteiger partial charge < -0.3 is 5.32 Å². The summed E-state index contributed by atoms with van der Waals surface area (Å²) in [4.78, 5) is 24.2. The maximum Gasteiger partial charge on any atom is 0.247 e. The van der Waals surface area contributed by atoms with Gasteiger partial charge in [-0.3, -0.25) is 14.5 Å². The Hall–Kier alpha value is -1.50. The fourth-order valence-electron chi connectivity index (χ4n) is 1.77. The zero-order valence-electron chi connectivity index (χ0n) is 9.34. The number of nitrogens with one attached hydrogen (secondary N) is 1. The molecule has 7 heteroatoms. The smallest absolute Gasteiger partial charge is 0.247 e. The first-order valence-corrected chi connectivity index (χ1v) is 5.95. The predicted molar refractivity (Wildman–Crippen MR) is 64.0 cm³/mol. The molecule has 2 amide bonds. The van der Waals surface area contributed by atoms with E-state index in [1.165, 1.54) is 6.92 Å². The molecular formula is C11H9BrF2N2O2. The van der Waals surface area contributed by atoms with Crippen molar-refractivity contribution in [3.8, 4) is 0 Å². The second kappa shape index (κ2) is 4.64. The van der Waals surface area contributed by atoms with Crippen LogP contribution in [0.3, 0.4) is 0 Å². The minimum Gasteiger partial charge on any atom is -0.345 e. The molecule has 1 unspecified atom stereocenters. The summed E-state index contributed by atoms with van der Waals surface area (Å²) in [6.45, 7) is 1.28. The topological polar surface area (TPSA) is 49.4 Å². The number of hydrogen-bond acceptors (Lipinski definition) is 2. The first kappa shape index (κ1) is 12.9. The number of benzene rings is 1. The van der Waals surface area contributed by atoms with Crippen LogP contribution in [-0.4, -0.2) is 24.4 Å². The molecular weight excluding hydrogens is 310 g/mol. The SMILES string of the molecule is CC1C(=O)NCC(=O)N1c1cc(Br)c(F)cc1F. The Labute approximate surface area is 110 Å². The Bertz CT molecular complexity index is 536. The van der Waals surface area contributed by atoms with E-state index in [1.807, 2.05) is 0 Å². The van der Waals surface area contributed by atoms with E-state index in [0.717, 1.165) is 11.0 Å². The molecule has 1 atom stereocenters. The monoisotopic (exact) mass is 318 g/mol. The second-order valence-corrected chi connectivity index (χ2v) is 4.73. The van der Waals surface area contributed by atoms with Gasteiger partial charge in [0.15, 0.2) is 0 Å². The van der Waals surface area contributed by atoms with Crippen molar-refractivity contribution in [1.29, 1.82) is 0 Å². The zero-order valence-corrected chi connectivity index (χ0v) is 10.9. The van der Waals surface area contributed by atoms with E-state index in [1.54, 1.807) is 0 Å². The third-order valence-electron chi connectivity index (χ3n) is 2.70. The fourth-order valence-corrected chi connectivity index (χ4v) is 2.10.